The van der Waals surface area contributed by atoms with Gasteiger partial charge in [0, 0.05) is 24.9 Å². The van der Waals surface area contributed by atoms with Crippen LogP contribution in [0.4, 0.5) is 0 Å². The number of hydrogen-bond donors (Lipinski definition) is 9. The molecule has 15 nitrogen and oxygen atoms in total. The lowest BCUT2D eigenvalue weighted by molar-refractivity contribution is -0.142. The summed E-state index contributed by atoms with van der Waals surface area (Å²) in [4.78, 5) is 61.4. The number of carboxylic acid groups (broad SMARTS) is 1. The first kappa shape index (κ1) is 33.7. The lowest BCUT2D eigenvalue weighted by atomic mass is 10.1. The van der Waals surface area contributed by atoms with Crippen molar-refractivity contribution in [2.45, 2.75) is 69.1 Å². The molecule has 0 fully saturated rings. The summed E-state index contributed by atoms with van der Waals surface area (Å²) in [6.07, 6.45) is 7.16. The van der Waals surface area contributed by atoms with Crippen molar-refractivity contribution in [2.24, 2.45) is 27.9 Å². The second-order valence-electron chi connectivity index (χ2n) is 8.92. The summed E-state index contributed by atoms with van der Waals surface area (Å²) in [7, 11) is 0. The normalized spacial score (nSPS) is 13.9. The molecule has 0 saturated heterocycles. The van der Waals surface area contributed by atoms with Gasteiger partial charge in [-0.05, 0) is 57.1 Å². The van der Waals surface area contributed by atoms with E-state index in [1.807, 2.05) is 6.26 Å². The molecule has 4 unspecified atom stereocenters. The largest absolute Gasteiger partial charge is 0.480 e. The van der Waals surface area contributed by atoms with Crippen molar-refractivity contribution in [1.29, 1.82) is 0 Å². The maximum absolute atomic E-state index is 13.3. The van der Waals surface area contributed by atoms with E-state index in [4.69, 9.17) is 22.9 Å². The number of thioether (sulfide) groups is 1. The van der Waals surface area contributed by atoms with Crippen LogP contribution in [0.25, 0.3) is 0 Å². The molecule has 39 heavy (non-hydrogen) atoms. The zero-order valence-corrected chi connectivity index (χ0v) is 23.0. The molecule has 13 N–H and O–H groups in total. The Morgan fingerprint density at radius 2 is 1.62 bits per heavy atom. The van der Waals surface area contributed by atoms with Crippen LogP contribution in [-0.2, 0) is 25.6 Å². The van der Waals surface area contributed by atoms with Gasteiger partial charge >= 0.3 is 5.97 Å². The summed E-state index contributed by atoms with van der Waals surface area (Å²) in [5.41, 5.74) is 22.9. The van der Waals surface area contributed by atoms with E-state index in [2.05, 4.69) is 30.9 Å². The number of nitrogens with two attached hydrogens (primary N) is 4. The Kier molecular flexibility index (Phi) is 16.2. The first-order valence-electron chi connectivity index (χ1n) is 12.7. The summed E-state index contributed by atoms with van der Waals surface area (Å²) >= 11 is 1.47. The maximum atomic E-state index is 13.3. The molecule has 1 heterocycles. The van der Waals surface area contributed by atoms with Gasteiger partial charge in [-0.25, -0.2) is 9.78 Å². The lowest BCUT2D eigenvalue weighted by Crippen LogP contribution is -2.57. The average molecular weight is 571 g/mol. The molecule has 0 aliphatic rings. The van der Waals surface area contributed by atoms with E-state index in [9.17, 15) is 24.3 Å². The smallest absolute Gasteiger partial charge is 0.326 e. The van der Waals surface area contributed by atoms with Crippen LogP contribution in [0.2, 0.25) is 0 Å². The highest BCUT2D eigenvalue weighted by Gasteiger charge is 2.30. The number of nitrogens with zero attached hydrogens (tertiary/aromatic N) is 2. The lowest BCUT2D eigenvalue weighted by Gasteiger charge is -2.25. The number of aliphatic carboxylic acids is 1. The van der Waals surface area contributed by atoms with Crippen LogP contribution >= 0.6 is 11.8 Å². The highest BCUT2D eigenvalue weighted by Crippen LogP contribution is 2.07. The third-order valence-corrected chi connectivity index (χ3v) is 6.36. The number of unbranched alkanes of at least 4 members (excludes halogenated alkanes) is 1. The fraction of sp³-hybridized carbons (Fsp3) is 0.652. The van der Waals surface area contributed by atoms with Gasteiger partial charge in [-0.2, -0.15) is 11.8 Å². The molecule has 0 aliphatic carbocycles. The van der Waals surface area contributed by atoms with Crippen molar-refractivity contribution in [3.63, 3.8) is 0 Å². The molecule has 16 heteroatoms. The summed E-state index contributed by atoms with van der Waals surface area (Å²) < 4.78 is 0. The van der Waals surface area contributed by atoms with E-state index < -0.39 is 47.9 Å². The molecule has 0 aromatic carbocycles. The van der Waals surface area contributed by atoms with Crippen LogP contribution < -0.4 is 38.9 Å². The molecule has 220 valence electrons. The molecule has 0 spiro atoms. The van der Waals surface area contributed by atoms with Gasteiger partial charge < -0.3 is 49.0 Å². The van der Waals surface area contributed by atoms with Crippen LogP contribution in [0.5, 0.6) is 0 Å². The van der Waals surface area contributed by atoms with Gasteiger partial charge in [0.15, 0.2) is 5.96 Å². The van der Waals surface area contributed by atoms with E-state index in [0.29, 0.717) is 37.3 Å². The molecular formula is C23H42N10O5S. The minimum absolute atomic E-state index is 0.102. The number of rotatable bonds is 20. The van der Waals surface area contributed by atoms with Gasteiger partial charge in [0.1, 0.15) is 18.1 Å². The summed E-state index contributed by atoms with van der Waals surface area (Å²) in [6.45, 7) is 0.635. The topological polar surface area (TPSA) is 270 Å². The number of guanidine groups is 1. The Hall–Kier alpha value is -3.37. The number of carbonyl (C=O) groups excluding carboxylic acids is 3. The zero-order valence-electron chi connectivity index (χ0n) is 22.2. The van der Waals surface area contributed by atoms with Crippen LogP contribution in [0.3, 0.4) is 0 Å². The van der Waals surface area contributed by atoms with E-state index in [-0.39, 0.29) is 38.2 Å². The number of aliphatic imine (C=N–C) groups is 1. The number of carbonyl (C=O) groups is 4. The molecule has 1 rings (SSSR count). The molecule has 0 saturated carbocycles. The standard InChI is InChI=1S/C23H42N10O5S/c1-39-10-7-17(21(36)33-18(22(37)38)5-2-3-8-24)32-20(35)16(6-4-9-29-23(26)27)31-19(34)15(25)11-14-12-28-13-30-14/h12-13,15-18H,2-11,24-25H2,1H3,(H,28,30)(H,31,34)(H,32,35)(H,33,36)(H,37,38)(H4,26,27,29). The van der Waals surface area contributed by atoms with Crippen LogP contribution in [0, 0.1) is 0 Å². The SMILES string of the molecule is CSCCC(NC(=O)C(CCCN=C(N)N)NC(=O)C(N)Cc1cnc[nH]1)C(=O)NC(CCCCN)C(=O)O. The Balaban J connectivity index is 2.96. The highest BCUT2D eigenvalue weighted by atomic mass is 32.2. The van der Waals surface area contributed by atoms with Crippen molar-refractivity contribution < 1.29 is 24.3 Å². The predicted molar refractivity (Wildman–Crippen MR) is 150 cm³/mol. The summed E-state index contributed by atoms with van der Waals surface area (Å²) in [5, 5.41) is 17.3. The monoisotopic (exact) mass is 570 g/mol. The maximum Gasteiger partial charge on any atom is 0.326 e. The quantitative estimate of drug-likeness (QED) is 0.0459. The number of amides is 3. The van der Waals surface area contributed by atoms with E-state index in [1.54, 1.807) is 6.20 Å². The molecule has 0 aliphatic heterocycles. The van der Waals surface area contributed by atoms with Crippen molar-refractivity contribution in [3.8, 4) is 0 Å². The van der Waals surface area contributed by atoms with Gasteiger partial charge in [0.2, 0.25) is 17.7 Å². The molecule has 1 aromatic heterocycles. The number of hydrogen-bond acceptors (Lipinski definition) is 9. The van der Waals surface area contributed by atoms with Crippen molar-refractivity contribution in [3.05, 3.63) is 18.2 Å². The van der Waals surface area contributed by atoms with Crippen molar-refractivity contribution in [2.75, 3.05) is 25.1 Å². The van der Waals surface area contributed by atoms with Gasteiger partial charge in [-0.3, -0.25) is 19.4 Å². The Bertz CT molecular complexity index is 926. The predicted octanol–water partition coefficient (Wildman–Crippen LogP) is -2.25. The number of nitrogens with one attached hydrogen (secondary N) is 4. The Morgan fingerprint density at radius 1 is 1.00 bits per heavy atom. The fourth-order valence-corrected chi connectivity index (χ4v) is 4.05. The molecular weight excluding hydrogens is 528 g/mol. The third kappa shape index (κ3) is 13.8. The molecule has 3 amide bonds. The summed E-state index contributed by atoms with van der Waals surface area (Å²) in [5.74, 6) is -2.55. The zero-order chi connectivity index (χ0) is 29.2. The number of H-pyrrole nitrogens is 1. The molecule has 0 bridgehead atoms. The second kappa shape index (κ2) is 18.8. The molecule has 4 atom stereocenters. The van der Waals surface area contributed by atoms with Gasteiger partial charge in [0.05, 0.1) is 12.4 Å². The average Bonchev–Trinajstić information content (AvgIpc) is 3.40. The van der Waals surface area contributed by atoms with Gasteiger partial charge in [-0.1, -0.05) is 0 Å². The number of carboxylic acids is 1. The van der Waals surface area contributed by atoms with E-state index >= 15 is 0 Å². The minimum atomic E-state index is -1.17. The molecule has 1 aromatic rings. The molecule has 0 radical (unpaired) electrons. The van der Waals surface area contributed by atoms with E-state index in [1.165, 1.54) is 18.1 Å². The van der Waals surface area contributed by atoms with Crippen molar-refractivity contribution in [1.82, 2.24) is 25.9 Å². The number of aromatic nitrogens is 2. The van der Waals surface area contributed by atoms with Crippen LogP contribution in [0.15, 0.2) is 17.5 Å². The number of imidazole rings is 1. The second-order valence-corrected chi connectivity index (χ2v) is 9.91. The van der Waals surface area contributed by atoms with Gasteiger partial charge in [0.25, 0.3) is 0 Å². The van der Waals surface area contributed by atoms with Crippen molar-refractivity contribution >= 4 is 41.4 Å². The van der Waals surface area contributed by atoms with Crippen LogP contribution in [-0.4, -0.2) is 94.0 Å². The Labute approximate surface area is 232 Å². The first-order valence-corrected chi connectivity index (χ1v) is 14.1. The Morgan fingerprint density at radius 3 is 2.18 bits per heavy atom. The third-order valence-electron chi connectivity index (χ3n) is 5.71. The first-order chi connectivity index (χ1) is 18.6. The summed E-state index contributed by atoms with van der Waals surface area (Å²) in [6, 6.07) is -4.13. The van der Waals surface area contributed by atoms with E-state index in [0.717, 1.165) is 0 Å². The highest BCUT2D eigenvalue weighted by molar-refractivity contribution is 7.98. The minimum Gasteiger partial charge on any atom is -0.480 e. The number of aromatic amines is 1. The fourth-order valence-electron chi connectivity index (χ4n) is 3.58. The van der Waals surface area contributed by atoms with Gasteiger partial charge in [-0.15, -0.1) is 0 Å². The van der Waals surface area contributed by atoms with Crippen LogP contribution in [0.1, 0.15) is 44.2 Å².